The third-order valence-corrected chi connectivity index (χ3v) is 3.43. The second-order valence-corrected chi connectivity index (χ2v) is 6.39. The first kappa shape index (κ1) is 16.1. The maximum atomic E-state index is 11.7. The lowest BCUT2D eigenvalue weighted by molar-refractivity contribution is 0.0525. The lowest BCUT2D eigenvalue weighted by atomic mass is 10.2. The second-order valence-electron chi connectivity index (χ2n) is 6.39. The van der Waals surface area contributed by atoms with E-state index in [1.807, 2.05) is 20.8 Å². The molecule has 1 aliphatic heterocycles. The zero-order valence-electron chi connectivity index (χ0n) is 13.3. The van der Waals surface area contributed by atoms with Crippen LogP contribution in [0, 0.1) is 11.3 Å². The van der Waals surface area contributed by atoms with Crippen molar-refractivity contribution in [3.05, 3.63) is 23.9 Å². The fourth-order valence-corrected chi connectivity index (χ4v) is 2.51. The number of hydrogen-bond donors (Lipinski definition) is 1. The summed E-state index contributed by atoms with van der Waals surface area (Å²) in [6.07, 6.45) is 3.26. The van der Waals surface area contributed by atoms with E-state index in [1.54, 1.807) is 18.3 Å². The van der Waals surface area contributed by atoms with Crippen molar-refractivity contribution >= 4 is 11.9 Å². The van der Waals surface area contributed by atoms with Crippen LogP contribution in [0.3, 0.4) is 0 Å². The van der Waals surface area contributed by atoms with E-state index in [9.17, 15) is 4.79 Å². The van der Waals surface area contributed by atoms with Crippen molar-refractivity contribution in [2.24, 2.45) is 0 Å². The fourth-order valence-electron chi connectivity index (χ4n) is 2.51. The molecule has 1 amide bonds. The maximum absolute atomic E-state index is 11.7. The monoisotopic (exact) mass is 302 g/mol. The highest BCUT2D eigenvalue weighted by atomic mass is 16.6. The lowest BCUT2D eigenvalue weighted by Crippen LogP contribution is -2.42. The number of pyridine rings is 1. The third-order valence-electron chi connectivity index (χ3n) is 3.43. The SMILES string of the molecule is CC(C)(C)OC(=O)NCC1CCCN1c1cc(C#N)ccn1. The van der Waals surface area contributed by atoms with Crippen LogP contribution < -0.4 is 10.2 Å². The van der Waals surface area contributed by atoms with Crippen molar-refractivity contribution in [3.63, 3.8) is 0 Å². The lowest BCUT2D eigenvalue weighted by Gasteiger charge is -2.27. The highest BCUT2D eigenvalue weighted by molar-refractivity contribution is 5.67. The molecule has 118 valence electrons. The summed E-state index contributed by atoms with van der Waals surface area (Å²) < 4.78 is 5.25. The predicted octanol–water partition coefficient (Wildman–Crippen LogP) is 2.45. The van der Waals surface area contributed by atoms with Gasteiger partial charge in [-0.05, 0) is 45.7 Å². The summed E-state index contributed by atoms with van der Waals surface area (Å²) in [4.78, 5) is 18.2. The maximum Gasteiger partial charge on any atom is 0.407 e. The Morgan fingerprint density at radius 2 is 2.36 bits per heavy atom. The second kappa shape index (κ2) is 6.65. The minimum atomic E-state index is -0.498. The molecule has 6 nitrogen and oxygen atoms in total. The molecule has 1 saturated heterocycles. The summed E-state index contributed by atoms with van der Waals surface area (Å²) in [5.41, 5.74) is 0.0954. The van der Waals surface area contributed by atoms with Gasteiger partial charge >= 0.3 is 6.09 Å². The van der Waals surface area contributed by atoms with E-state index in [0.29, 0.717) is 12.1 Å². The van der Waals surface area contributed by atoms with Crippen LogP contribution in [-0.4, -0.2) is 35.8 Å². The van der Waals surface area contributed by atoms with Gasteiger partial charge < -0.3 is 15.0 Å². The highest BCUT2D eigenvalue weighted by Crippen LogP contribution is 2.24. The zero-order valence-corrected chi connectivity index (χ0v) is 13.3. The summed E-state index contributed by atoms with van der Waals surface area (Å²) >= 11 is 0. The summed E-state index contributed by atoms with van der Waals surface area (Å²) in [5, 5.41) is 11.8. The fraction of sp³-hybridized carbons (Fsp3) is 0.562. The molecule has 0 aromatic carbocycles. The van der Waals surface area contributed by atoms with E-state index in [1.165, 1.54) is 0 Å². The van der Waals surface area contributed by atoms with E-state index in [4.69, 9.17) is 10.00 Å². The molecule has 1 unspecified atom stereocenters. The molecule has 1 N–H and O–H groups in total. The first-order valence-electron chi connectivity index (χ1n) is 7.49. The average Bonchev–Trinajstić information content (AvgIpc) is 2.92. The number of nitrogens with zero attached hydrogens (tertiary/aromatic N) is 3. The quantitative estimate of drug-likeness (QED) is 0.928. The standard InChI is InChI=1S/C16H22N4O2/c1-16(2,3)22-15(21)19-11-13-5-4-8-20(13)14-9-12(10-17)6-7-18-14/h6-7,9,13H,4-5,8,11H2,1-3H3,(H,19,21). The minimum absolute atomic E-state index is 0.175. The molecule has 0 bridgehead atoms. The molecule has 0 radical (unpaired) electrons. The molecule has 1 aromatic heterocycles. The Bertz CT molecular complexity index is 574. The van der Waals surface area contributed by atoms with Crippen LogP contribution in [0.25, 0.3) is 0 Å². The number of nitriles is 1. The average molecular weight is 302 g/mol. The molecule has 22 heavy (non-hydrogen) atoms. The number of carbonyl (C=O) groups excluding carboxylic acids is 1. The summed E-state index contributed by atoms with van der Waals surface area (Å²) in [6, 6.07) is 5.77. The van der Waals surface area contributed by atoms with Crippen molar-refractivity contribution in [3.8, 4) is 6.07 Å². The van der Waals surface area contributed by atoms with Gasteiger partial charge in [-0.1, -0.05) is 0 Å². The van der Waals surface area contributed by atoms with E-state index in [-0.39, 0.29) is 6.04 Å². The number of hydrogen-bond acceptors (Lipinski definition) is 5. The first-order valence-corrected chi connectivity index (χ1v) is 7.49. The molecule has 1 aromatic rings. The van der Waals surface area contributed by atoms with Gasteiger partial charge in [0.05, 0.1) is 11.6 Å². The number of alkyl carbamates (subject to hydrolysis) is 1. The topological polar surface area (TPSA) is 78.2 Å². The van der Waals surface area contributed by atoms with Crippen molar-refractivity contribution in [2.75, 3.05) is 18.0 Å². The van der Waals surface area contributed by atoms with Gasteiger partial charge in [0, 0.05) is 25.3 Å². The molecule has 2 rings (SSSR count). The predicted molar refractivity (Wildman–Crippen MR) is 83.6 cm³/mol. The van der Waals surface area contributed by atoms with Gasteiger partial charge in [0.2, 0.25) is 0 Å². The summed E-state index contributed by atoms with van der Waals surface area (Å²) in [7, 11) is 0. The van der Waals surface area contributed by atoms with Crippen molar-refractivity contribution < 1.29 is 9.53 Å². The van der Waals surface area contributed by atoms with E-state index < -0.39 is 11.7 Å². The van der Waals surface area contributed by atoms with E-state index in [0.717, 1.165) is 25.2 Å². The van der Waals surface area contributed by atoms with Crippen molar-refractivity contribution in [1.82, 2.24) is 10.3 Å². The largest absolute Gasteiger partial charge is 0.444 e. The number of ether oxygens (including phenoxy) is 1. The number of nitrogens with one attached hydrogen (secondary N) is 1. The van der Waals surface area contributed by atoms with E-state index in [2.05, 4.69) is 21.3 Å². The minimum Gasteiger partial charge on any atom is -0.444 e. The van der Waals surface area contributed by atoms with Gasteiger partial charge in [-0.3, -0.25) is 0 Å². The molecule has 0 spiro atoms. The zero-order chi connectivity index (χ0) is 16.2. The number of aromatic nitrogens is 1. The van der Waals surface area contributed by atoms with Gasteiger partial charge in [-0.2, -0.15) is 5.26 Å². The van der Waals surface area contributed by atoms with Crippen LogP contribution in [-0.2, 0) is 4.74 Å². The normalized spacial score (nSPS) is 17.9. The summed E-state index contributed by atoms with van der Waals surface area (Å²) in [6.45, 7) is 6.90. The Morgan fingerprint density at radius 1 is 1.59 bits per heavy atom. The number of carbonyl (C=O) groups is 1. The Morgan fingerprint density at radius 3 is 3.05 bits per heavy atom. The molecular formula is C16H22N4O2. The van der Waals surface area contributed by atoms with Crippen LogP contribution in [0.4, 0.5) is 10.6 Å². The van der Waals surface area contributed by atoms with Gasteiger partial charge in [0.1, 0.15) is 11.4 Å². The van der Waals surface area contributed by atoms with Crippen LogP contribution in [0.15, 0.2) is 18.3 Å². The summed E-state index contributed by atoms with van der Waals surface area (Å²) in [5.74, 6) is 0.785. The Hall–Kier alpha value is -2.29. The molecule has 0 saturated carbocycles. The van der Waals surface area contributed by atoms with Crippen molar-refractivity contribution in [1.29, 1.82) is 5.26 Å². The van der Waals surface area contributed by atoms with E-state index >= 15 is 0 Å². The van der Waals surface area contributed by atoms with Crippen molar-refractivity contribution in [2.45, 2.75) is 45.3 Å². The Balaban J connectivity index is 1.96. The van der Waals surface area contributed by atoms with Gasteiger partial charge in [-0.25, -0.2) is 9.78 Å². The van der Waals surface area contributed by atoms with Crippen LogP contribution in [0.2, 0.25) is 0 Å². The molecule has 1 fully saturated rings. The molecule has 2 heterocycles. The van der Waals surface area contributed by atoms with Gasteiger partial charge in [-0.15, -0.1) is 0 Å². The number of rotatable bonds is 3. The van der Waals surface area contributed by atoms with Crippen LogP contribution >= 0.6 is 0 Å². The molecule has 6 heteroatoms. The molecule has 1 aliphatic rings. The first-order chi connectivity index (χ1) is 10.4. The highest BCUT2D eigenvalue weighted by Gasteiger charge is 2.27. The third kappa shape index (κ3) is 4.35. The Kier molecular flexibility index (Phi) is 4.86. The smallest absolute Gasteiger partial charge is 0.407 e. The number of amides is 1. The molecule has 1 atom stereocenters. The van der Waals surface area contributed by atoms with Crippen LogP contribution in [0.5, 0.6) is 0 Å². The van der Waals surface area contributed by atoms with Gasteiger partial charge in [0.15, 0.2) is 0 Å². The van der Waals surface area contributed by atoms with Gasteiger partial charge in [0.25, 0.3) is 0 Å². The number of anilines is 1. The molecular weight excluding hydrogens is 280 g/mol. The Labute approximate surface area is 131 Å². The van der Waals surface area contributed by atoms with Crippen LogP contribution in [0.1, 0.15) is 39.2 Å². The molecule has 0 aliphatic carbocycles.